The van der Waals surface area contributed by atoms with Crippen LogP contribution in [0.4, 0.5) is 0 Å². The molecular weight excluding hydrogens is 336 g/mol. The fourth-order valence-electron chi connectivity index (χ4n) is 3.61. The number of hydrogen-bond donors (Lipinski definition) is 1. The van der Waals surface area contributed by atoms with Crippen LogP contribution in [-0.4, -0.2) is 11.1 Å². The molecule has 0 amide bonds. The van der Waals surface area contributed by atoms with Gasteiger partial charge in [-0.15, -0.1) is 0 Å². The van der Waals surface area contributed by atoms with Crippen molar-refractivity contribution in [2.45, 2.75) is 46.5 Å². The van der Waals surface area contributed by atoms with Gasteiger partial charge in [-0.05, 0) is 52.5 Å². The molecule has 0 radical (unpaired) electrons. The molecule has 0 fully saturated rings. The molecule has 1 N–H and O–H groups in total. The summed E-state index contributed by atoms with van der Waals surface area (Å²) in [6.45, 7) is 9.69. The van der Waals surface area contributed by atoms with Crippen LogP contribution in [0, 0.1) is 6.92 Å². The minimum absolute atomic E-state index is 0.293. The van der Waals surface area contributed by atoms with E-state index in [1.54, 1.807) is 0 Å². The van der Waals surface area contributed by atoms with Crippen LogP contribution in [-0.2, 0) is 17.6 Å². The molecule has 0 atom stereocenters. The van der Waals surface area contributed by atoms with Gasteiger partial charge in [0.15, 0.2) is 0 Å². The summed E-state index contributed by atoms with van der Waals surface area (Å²) in [6.07, 6.45) is 8.89. The van der Waals surface area contributed by atoms with Crippen LogP contribution in [0.2, 0.25) is 0 Å². The highest BCUT2D eigenvalue weighted by molar-refractivity contribution is 5.98. The van der Waals surface area contributed by atoms with E-state index in [1.165, 1.54) is 17.2 Å². The van der Waals surface area contributed by atoms with Crippen molar-refractivity contribution in [2.24, 2.45) is 0 Å². The highest BCUT2D eigenvalue weighted by atomic mass is 16.5. The van der Waals surface area contributed by atoms with E-state index < -0.39 is 5.97 Å². The molecule has 3 nitrogen and oxygen atoms in total. The topological polar surface area (TPSA) is 46.5 Å². The third-order valence-corrected chi connectivity index (χ3v) is 4.99. The quantitative estimate of drug-likeness (QED) is 0.320. The predicted octanol–water partition coefficient (Wildman–Crippen LogP) is 5.72. The number of hydrogen-bond acceptors (Lipinski definition) is 3. The maximum Gasteiger partial charge on any atom is 0.335 e. The third-order valence-electron chi connectivity index (χ3n) is 4.99. The van der Waals surface area contributed by atoms with Gasteiger partial charge in [0, 0.05) is 28.0 Å². The van der Waals surface area contributed by atoms with Crippen LogP contribution in [0.5, 0.6) is 11.5 Å². The van der Waals surface area contributed by atoms with Gasteiger partial charge in [0.25, 0.3) is 0 Å². The predicted molar refractivity (Wildman–Crippen MR) is 110 cm³/mol. The van der Waals surface area contributed by atoms with Crippen molar-refractivity contribution in [3.05, 3.63) is 70.8 Å². The monoisotopic (exact) mass is 362 g/mol. The number of fused-ring (bicyclic) bond motifs is 2. The maximum absolute atomic E-state index is 12.0. The first-order valence-electron chi connectivity index (χ1n) is 9.33. The third kappa shape index (κ3) is 3.97. The molecule has 0 bridgehead atoms. The van der Waals surface area contributed by atoms with Gasteiger partial charge in [-0.25, -0.2) is 4.79 Å². The van der Waals surface area contributed by atoms with Crippen molar-refractivity contribution in [1.29, 1.82) is 0 Å². The minimum atomic E-state index is -0.481. The smallest absolute Gasteiger partial charge is 0.335 e. The lowest BCUT2D eigenvalue weighted by Crippen LogP contribution is -2.11. The molecule has 0 aromatic heterocycles. The molecule has 3 heteroatoms. The average molecular weight is 362 g/mol. The van der Waals surface area contributed by atoms with Crippen LogP contribution in [0.1, 0.15) is 43.4 Å². The van der Waals surface area contributed by atoms with Gasteiger partial charge >= 0.3 is 5.97 Å². The maximum atomic E-state index is 12.0. The number of phenolic OH excluding ortho intramolecular Hbond substituents is 1. The zero-order valence-corrected chi connectivity index (χ0v) is 16.3. The molecule has 1 aliphatic rings. The van der Waals surface area contributed by atoms with E-state index >= 15 is 0 Å². The average Bonchev–Trinajstić information content (AvgIpc) is 2.64. The van der Waals surface area contributed by atoms with Crippen LogP contribution in [0.25, 0.3) is 10.8 Å². The zero-order chi connectivity index (χ0) is 19.6. The van der Waals surface area contributed by atoms with Gasteiger partial charge in [0.1, 0.15) is 11.5 Å². The second-order valence-corrected chi connectivity index (χ2v) is 7.37. The summed E-state index contributed by atoms with van der Waals surface area (Å²) in [5, 5.41) is 12.4. The summed E-state index contributed by atoms with van der Waals surface area (Å²) in [5.74, 6) is 0.364. The van der Waals surface area contributed by atoms with E-state index in [0.717, 1.165) is 40.3 Å². The van der Waals surface area contributed by atoms with Crippen molar-refractivity contribution >= 4 is 16.7 Å². The molecule has 0 aliphatic heterocycles. The number of ether oxygens (including phenoxy) is 1. The van der Waals surface area contributed by atoms with Gasteiger partial charge in [0.05, 0.1) is 0 Å². The largest absolute Gasteiger partial charge is 0.507 e. The van der Waals surface area contributed by atoms with E-state index in [-0.39, 0.29) is 0 Å². The van der Waals surface area contributed by atoms with Crippen LogP contribution in [0.3, 0.4) is 0 Å². The second-order valence-electron chi connectivity index (χ2n) is 7.37. The summed E-state index contributed by atoms with van der Waals surface area (Å²) in [6, 6.07) is 5.82. The Bertz CT molecular complexity index is 973. The Balaban J connectivity index is 2.08. The van der Waals surface area contributed by atoms with Gasteiger partial charge < -0.3 is 9.84 Å². The molecule has 27 heavy (non-hydrogen) atoms. The molecule has 0 heterocycles. The molecule has 0 saturated heterocycles. The first-order chi connectivity index (χ1) is 12.9. The summed E-state index contributed by atoms with van der Waals surface area (Å²) < 4.78 is 5.65. The van der Waals surface area contributed by atoms with Crippen LogP contribution < -0.4 is 4.74 Å². The van der Waals surface area contributed by atoms with Gasteiger partial charge in [-0.2, -0.15) is 0 Å². The minimum Gasteiger partial charge on any atom is -0.507 e. The Hall–Kier alpha value is -2.81. The van der Waals surface area contributed by atoms with Crippen molar-refractivity contribution in [1.82, 2.24) is 0 Å². The van der Waals surface area contributed by atoms with Crippen molar-refractivity contribution in [3.8, 4) is 11.5 Å². The van der Waals surface area contributed by atoms with Crippen molar-refractivity contribution < 1.29 is 14.6 Å². The number of benzene rings is 2. The van der Waals surface area contributed by atoms with E-state index in [0.29, 0.717) is 24.3 Å². The lowest BCUT2D eigenvalue weighted by molar-refractivity contribution is -0.128. The SMILES string of the molecule is C=CC(=O)Oc1c2c(c(O)c3cc(C)ccc13)CC=C(CCC=C(C)C)C2. The molecule has 3 rings (SSSR count). The molecule has 0 spiro atoms. The number of carbonyl (C=O) groups is 1. The van der Waals surface area contributed by atoms with E-state index in [2.05, 4.69) is 32.6 Å². The van der Waals surface area contributed by atoms with Crippen molar-refractivity contribution in [3.63, 3.8) is 0 Å². The molecular formula is C24H26O3. The van der Waals surface area contributed by atoms with Gasteiger partial charge in [0.2, 0.25) is 0 Å². The fourth-order valence-corrected chi connectivity index (χ4v) is 3.61. The zero-order valence-electron chi connectivity index (χ0n) is 16.3. The Morgan fingerprint density at radius 2 is 2.04 bits per heavy atom. The van der Waals surface area contributed by atoms with Gasteiger partial charge in [-0.1, -0.05) is 47.6 Å². The molecule has 2 aromatic rings. The standard InChI is InChI=1S/C24H26O3/c1-5-22(25)27-24-19-11-9-16(4)13-20(19)23(26)18-12-10-17(14-21(18)24)8-6-7-15(2)3/h5,7,9-11,13,26H,1,6,8,12,14H2,2-4H3. The normalized spacial score (nSPS) is 12.9. The molecule has 2 aromatic carbocycles. The summed E-state index contributed by atoms with van der Waals surface area (Å²) in [7, 11) is 0. The second kappa shape index (κ2) is 7.83. The summed E-state index contributed by atoms with van der Waals surface area (Å²) in [4.78, 5) is 12.0. The number of rotatable bonds is 5. The van der Waals surface area contributed by atoms with Gasteiger partial charge in [-0.3, -0.25) is 0 Å². The Kier molecular flexibility index (Phi) is 5.50. The first kappa shape index (κ1) is 19.0. The fraction of sp³-hybridized carbons (Fsp3) is 0.292. The number of aromatic hydroxyl groups is 1. The first-order valence-corrected chi connectivity index (χ1v) is 9.33. The molecule has 0 saturated carbocycles. The number of aryl methyl sites for hydroxylation is 1. The summed E-state index contributed by atoms with van der Waals surface area (Å²) in [5.41, 5.74) is 5.43. The highest BCUT2D eigenvalue weighted by Crippen LogP contribution is 2.44. The van der Waals surface area contributed by atoms with Crippen LogP contribution >= 0.6 is 0 Å². The van der Waals surface area contributed by atoms with Crippen LogP contribution in [0.15, 0.2) is 54.2 Å². The lowest BCUT2D eigenvalue weighted by Gasteiger charge is -2.23. The number of carbonyl (C=O) groups excluding carboxylic acids is 1. The molecule has 0 unspecified atom stereocenters. The molecule has 140 valence electrons. The Labute approximate surface area is 160 Å². The van der Waals surface area contributed by atoms with E-state index in [1.807, 2.05) is 25.1 Å². The van der Waals surface area contributed by atoms with Crippen molar-refractivity contribution in [2.75, 3.05) is 0 Å². The number of allylic oxidation sites excluding steroid dienone is 4. The van der Waals surface area contributed by atoms with E-state index in [4.69, 9.17) is 4.74 Å². The highest BCUT2D eigenvalue weighted by Gasteiger charge is 2.24. The summed E-state index contributed by atoms with van der Waals surface area (Å²) >= 11 is 0. The number of esters is 1. The molecule has 1 aliphatic carbocycles. The van der Waals surface area contributed by atoms with E-state index in [9.17, 15) is 9.90 Å². The number of phenols is 1. The lowest BCUT2D eigenvalue weighted by atomic mass is 9.85. The Morgan fingerprint density at radius 3 is 2.74 bits per heavy atom. The Morgan fingerprint density at radius 1 is 1.26 bits per heavy atom.